The van der Waals surface area contributed by atoms with Crippen molar-refractivity contribution in [1.29, 1.82) is 0 Å². The summed E-state index contributed by atoms with van der Waals surface area (Å²) >= 11 is 0. The van der Waals surface area contributed by atoms with E-state index in [1.165, 1.54) is 10.4 Å². The summed E-state index contributed by atoms with van der Waals surface area (Å²) < 4.78 is 27.8. The Morgan fingerprint density at radius 2 is 1.44 bits per heavy atom. The molecule has 0 spiro atoms. The van der Waals surface area contributed by atoms with E-state index in [0.29, 0.717) is 24.6 Å². The van der Waals surface area contributed by atoms with Crippen molar-refractivity contribution >= 4 is 15.9 Å². The molecule has 4 rings (SSSR count). The van der Waals surface area contributed by atoms with Crippen LogP contribution in [0.4, 0.5) is 0 Å². The Hall–Kier alpha value is -2.96. The van der Waals surface area contributed by atoms with Crippen LogP contribution < -0.4 is 5.32 Å². The van der Waals surface area contributed by atoms with Gasteiger partial charge in [-0.05, 0) is 48.1 Å². The molecule has 0 bridgehead atoms. The minimum atomic E-state index is -3.62. The number of hydrogen-bond donors (Lipinski definition) is 1. The predicted octanol–water partition coefficient (Wildman–Crippen LogP) is 4.63. The Morgan fingerprint density at radius 3 is 2.00 bits per heavy atom. The summed E-state index contributed by atoms with van der Waals surface area (Å²) in [5, 5.41) is 3.08. The lowest BCUT2D eigenvalue weighted by Gasteiger charge is -2.29. The summed E-state index contributed by atoms with van der Waals surface area (Å²) in [5.74, 6) is 0.221. The van der Waals surface area contributed by atoms with Gasteiger partial charge in [-0.1, -0.05) is 73.7 Å². The molecule has 3 aromatic rings. The molecule has 1 saturated heterocycles. The minimum Gasteiger partial charge on any atom is -0.341 e. The molecule has 1 amide bonds. The Morgan fingerprint density at radius 1 is 0.875 bits per heavy atom. The Labute approximate surface area is 190 Å². The molecule has 1 N–H and O–H groups in total. The van der Waals surface area contributed by atoms with Gasteiger partial charge in [-0.3, -0.25) is 4.79 Å². The molecule has 166 valence electrons. The van der Waals surface area contributed by atoms with Crippen LogP contribution in [0.25, 0.3) is 0 Å². The molecular formula is C26H28N2O3S. The largest absolute Gasteiger partial charge is 0.341 e. The number of rotatable bonds is 6. The summed E-state index contributed by atoms with van der Waals surface area (Å²) in [6.07, 6.45) is 1.71. The van der Waals surface area contributed by atoms with Crippen molar-refractivity contribution in [2.24, 2.45) is 5.92 Å². The fourth-order valence-electron chi connectivity index (χ4n) is 4.04. The first-order valence-electron chi connectivity index (χ1n) is 11.0. The van der Waals surface area contributed by atoms with Gasteiger partial charge in [0.1, 0.15) is 0 Å². The van der Waals surface area contributed by atoms with Crippen molar-refractivity contribution in [3.05, 3.63) is 102 Å². The van der Waals surface area contributed by atoms with Crippen LogP contribution in [0.15, 0.2) is 89.8 Å². The fourth-order valence-corrected chi connectivity index (χ4v) is 5.55. The Bertz CT molecular complexity index is 1120. The highest BCUT2D eigenvalue weighted by Gasteiger charge is 2.28. The van der Waals surface area contributed by atoms with E-state index in [2.05, 4.69) is 12.2 Å². The van der Waals surface area contributed by atoms with E-state index >= 15 is 0 Å². The zero-order chi connectivity index (χ0) is 22.6. The number of carbonyl (C=O) groups excluding carboxylic acids is 1. The second-order valence-electron chi connectivity index (χ2n) is 8.34. The third kappa shape index (κ3) is 4.92. The zero-order valence-electron chi connectivity index (χ0n) is 18.1. The van der Waals surface area contributed by atoms with Gasteiger partial charge in [0.15, 0.2) is 0 Å². The molecule has 0 radical (unpaired) electrons. The second-order valence-corrected chi connectivity index (χ2v) is 10.3. The van der Waals surface area contributed by atoms with Crippen LogP contribution in [0.5, 0.6) is 0 Å². The first-order chi connectivity index (χ1) is 15.4. The van der Waals surface area contributed by atoms with Crippen LogP contribution in [-0.4, -0.2) is 31.7 Å². The van der Waals surface area contributed by atoms with E-state index < -0.39 is 10.0 Å². The monoisotopic (exact) mass is 448 g/mol. The molecule has 3 aromatic carbocycles. The van der Waals surface area contributed by atoms with Gasteiger partial charge in [-0.25, -0.2) is 8.42 Å². The molecule has 0 unspecified atom stereocenters. The van der Waals surface area contributed by atoms with Crippen molar-refractivity contribution in [3.8, 4) is 0 Å². The van der Waals surface area contributed by atoms with Gasteiger partial charge in [0.05, 0.1) is 10.9 Å². The summed E-state index contributed by atoms with van der Waals surface area (Å²) in [6.45, 7) is 3.18. The lowest BCUT2D eigenvalue weighted by molar-refractivity contribution is 0.0942. The highest BCUT2D eigenvalue weighted by molar-refractivity contribution is 7.89. The Balaban J connectivity index is 1.59. The standard InChI is InChI=1S/C26H28N2O3S/c1-20-15-17-28(18-16-20)32(30,31)24-14-8-13-23(19-24)26(29)27-25(21-9-4-2-5-10-21)22-11-6-3-7-12-22/h2-14,19-20,25H,15-18H2,1H3,(H,27,29). The van der Waals surface area contributed by atoms with Crippen molar-refractivity contribution in [3.63, 3.8) is 0 Å². The molecule has 0 saturated carbocycles. The van der Waals surface area contributed by atoms with Gasteiger partial charge in [-0.2, -0.15) is 4.31 Å². The molecule has 1 fully saturated rings. The number of amides is 1. The quantitative estimate of drug-likeness (QED) is 0.598. The number of carbonyl (C=O) groups is 1. The van der Waals surface area contributed by atoms with Gasteiger partial charge in [0.25, 0.3) is 5.91 Å². The molecule has 0 aromatic heterocycles. The van der Waals surface area contributed by atoms with Crippen LogP contribution >= 0.6 is 0 Å². The summed E-state index contributed by atoms with van der Waals surface area (Å²) in [6, 6.07) is 25.5. The van der Waals surface area contributed by atoms with E-state index in [4.69, 9.17) is 0 Å². The average Bonchev–Trinajstić information content (AvgIpc) is 2.84. The number of nitrogens with zero attached hydrogens (tertiary/aromatic N) is 1. The number of hydrogen-bond acceptors (Lipinski definition) is 3. The van der Waals surface area contributed by atoms with Gasteiger partial charge < -0.3 is 5.32 Å². The summed E-state index contributed by atoms with van der Waals surface area (Å²) in [5.41, 5.74) is 2.24. The third-order valence-corrected chi connectivity index (χ3v) is 7.91. The lowest BCUT2D eigenvalue weighted by atomic mass is 9.98. The minimum absolute atomic E-state index is 0.163. The maximum Gasteiger partial charge on any atom is 0.252 e. The van der Waals surface area contributed by atoms with Gasteiger partial charge in [0, 0.05) is 18.7 Å². The molecule has 6 heteroatoms. The first kappa shape index (κ1) is 22.2. The molecule has 32 heavy (non-hydrogen) atoms. The maximum atomic E-state index is 13.2. The molecule has 1 heterocycles. The number of nitrogens with one attached hydrogen (secondary N) is 1. The Kier molecular flexibility index (Phi) is 6.72. The van der Waals surface area contributed by atoms with Crippen LogP contribution in [0.2, 0.25) is 0 Å². The van der Waals surface area contributed by atoms with Crippen LogP contribution in [0, 0.1) is 5.92 Å². The maximum absolute atomic E-state index is 13.2. The third-order valence-electron chi connectivity index (χ3n) is 6.02. The smallest absolute Gasteiger partial charge is 0.252 e. The fraction of sp³-hybridized carbons (Fsp3) is 0.269. The molecular weight excluding hydrogens is 420 g/mol. The molecule has 5 nitrogen and oxygen atoms in total. The van der Waals surface area contributed by atoms with E-state index in [0.717, 1.165) is 24.0 Å². The van der Waals surface area contributed by atoms with Gasteiger partial charge in [-0.15, -0.1) is 0 Å². The molecule has 0 aliphatic carbocycles. The highest BCUT2D eigenvalue weighted by atomic mass is 32.2. The summed E-state index contributed by atoms with van der Waals surface area (Å²) in [7, 11) is -3.62. The van der Waals surface area contributed by atoms with E-state index in [1.54, 1.807) is 18.2 Å². The van der Waals surface area contributed by atoms with Crippen LogP contribution in [0.1, 0.15) is 47.3 Å². The van der Waals surface area contributed by atoms with E-state index in [1.807, 2.05) is 60.7 Å². The van der Waals surface area contributed by atoms with E-state index in [9.17, 15) is 13.2 Å². The lowest BCUT2D eigenvalue weighted by Crippen LogP contribution is -2.38. The number of sulfonamides is 1. The second kappa shape index (κ2) is 9.67. The van der Waals surface area contributed by atoms with Gasteiger partial charge >= 0.3 is 0 Å². The van der Waals surface area contributed by atoms with Crippen LogP contribution in [-0.2, 0) is 10.0 Å². The van der Waals surface area contributed by atoms with Crippen molar-refractivity contribution in [1.82, 2.24) is 9.62 Å². The van der Waals surface area contributed by atoms with Gasteiger partial charge in [0.2, 0.25) is 10.0 Å². The number of benzene rings is 3. The van der Waals surface area contributed by atoms with Crippen molar-refractivity contribution in [2.75, 3.05) is 13.1 Å². The molecule has 1 aliphatic heterocycles. The highest BCUT2D eigenvalue weighted by Crippen LogP contribution is 2.25. The number of piperidine rings is 1. The summed E-state index contributed by atoms with van der Waals surface area (Å²) in [4.78, 5) is 13.3. The molecule has 1 aliphatic rings. The van der Waals surface area contributed by atoms with Crippen molar-refractivity contribution in [2.45, 2.75) is 30.7 Å². The predicted molar refractivity (Wildman–Crippen MR) is 126 cm³/mol. The SMILES string of the molecule is CC1CCN(S(=O)(=O)c2cccc(C(=O)NC(c3ccccc3)c3ccccc3)c2)CC1. The molecule has 0 atom stereocenters. The van der Waals surface area contributed by atoms with Crippen molar-refractivity contribution < 1.29 is 13.2 Å². The normalized spacial score (nSPS) is 15.6. The zero-order valence-corrected chi connectivity index (χ0v) is 19.0. The van der Waals surface area contributed by atoms with Crippen LogP contribution in [0.3, 0.4) is 0 Å². The first-order valence-corrected chi connectivity index (χ1v) is 12.4. The average molecular weight is 449 g/mol. The van der Waals surface area contributed by atoms with E-state index in [-0.39, 0.29) is 16.8 Å². The topological polar surface area (TPSA) is 66.5 Å².